The molecule has 1 amide bonds. The van der Waals surface area contributed by atoms with Crippen molar-refractivity contribution in [1.82, 2.24) is 9.62 Å². The fourth-order valence-corrected chi connectivity index (χ4v) is 3.94. The second kappa shape index (κ2) is 6.67. The maximum Gasteiger partial charge on any atom is 0.315 e. The highest BCUT2D eigenvalue weighted by atomic mass is 32.2. The number of amides is 1. The van der Waals surface area contributed by atoms with Crippen LogP contribution in [0.2, 0.25) is 0 Å². The topological polar surface area (TPSA) is 104 Å². The molecule has 0 aliphatic carbocycles. The average molecular weight is 340 g/mol. The van der Waals surface area contributed by atoms with Gasteiger partial charge in [-0.05, 0) is 18.9 Å². The number of hydrogen-bond donors (Lipinski definition) is 2. The summed E-state index contributed by atoms with van der Waals surface area (Å²) in [5.74, 6) is -1.51. The van der Waals surface area contributed by atoms with Gasteiger partial charge in [0.05, 0.1) is 12.3 Å². The number of nitrogens with zero attached hydrogens (tertiary/aromatic N) is 1. The Bertz CT molecular complexity index is 689. The summed E-state index contributed by atoms with van der Waals surface area (Å²) < 4.78 is 24.5. The summed E-state index contributed by atoms with van der Waals surface area (Å²) in [4.78, 5) is 23.6. The second-order valence-corrected chi connectivity index (χ2v) is 7.87. The van der Waals surface area contributed by atoms with Crippen LogP contribution in [0, 0.1) is 0 Å². The van der Waals surface area contributed by atoms with E-state index in [1.165, 1.54) is 6.92 Å². The number of carboxylic acids is 1. The average Bonchev–Trinajstić information content (AvgIpc) is 2.84. The molecule has 2 N–H and O–H groups in total. The molecule has 1 aliphatic rings. The smallest absolute Gasteiger partial charge is 0.315 e. The predicted molar refractivity (Wildman–Crippen MR) is 84.4 cm³/mol. The fraction of sp³-hybridized carbons (Fsp3) is 0.467. The van der Waals surface area contributed by atoms with E-state index in [9.17, 15) is 23.1 Å². The van der Waals surface area contributed by atoms with E-state index in [4.69, 9.17) is 0 Å². The Balaban J connectivity index is 2.02. The second-order valence-electron chi connectivity index (χ2n) is 5.78. The number of carbonyl (C=O) groups is 2. The molecule has 2 rings (SSSR count). The van der Waals surface area contributed by atoms with Crippen LogP contribution < -0.4 is 5.32 Å². The molecule has 23 heavy (non-hydrogen) atoms. The van der Waals surface area contributed by atoms with Crippen molar-refractivity contribution in [2.24, 2.45) is 0 Å². The number of sulfonamides is 1. The first-order valence-electron chi connectivity index (χ1n) is 7.29. The van der Waals surface area contributed by atoms with E-state index in [1.807, 2.05) is 0 Å². The lowest BCUT2D eigenvalue weighted by atomic mass is 9.82. The van der Waals surface area contributed by atoms with Gasteiger partial charge in [0.15, 0.2) is 0 Å². The van der Waals surface area contributed by atoms with E-state index in [1.54, 1.807) is 30.3 Å². The zero-order chi connectivity index (χ0) is 17.1. The first-order valence-corrected chi connectivity index (χ1v) is 8.90. The number of carbonyl (C=O) groups excluding carboxylic acids is 1. The summed E-state index contributed by atoms with van der Waals surface area (Å²) in [6.45, 7) is 1.47. The molecule has 0 aromatic heterocycles. The lowest BCUT2D eigenvalue weighted by Gasteiger charge is -2.26. The van der Waals surface area contributed by atoms with Gasteiger partial charge in [-0.25, -0.2) is 8.42 Å². The molecule has 1 aliphatic heterocycles. The Labute approximate surface area is 135 Å². The predicted octanol–water partition coefficient (Wildman–Crippen LogP) is 0.181. The number of hydrogen-bond acceptors (Lipinski definition) is 4. The molecule has 7 nitrogen and oxygen atoms in total. The third-order valence-electron chi connectivity index (χ3n) is 4.05. The summed E-state index contributed by atoms with van der Waals surface area (Å²) in [5.41, 5.74) is -0.706. The summed E-state index contributed by atoms with van der Waals surface area (Å²) in [7, 11) is -3.35. The molecule has 0 radical (unpaired) electrons. The molecule has 0 saturated carbocycles. The minimum atomic E-state index is -3.35. The van der Waals surface area contributed by atoms with Crippen molar-refractivity contribution in [1.29, 1.82) is 0 Å². The van der Waals surface area contributed by atoms with Crippen LogP contribution in [0.1, 0.15) is 18.9 Å². The standard InChI is InChI=1S/C15H20N2O5S/c1-15(14(19)20,12-6-3-2-4-7-12)11-16-13(18)10-17-8-5-9-23(17,21)22/h2-4,6-7H,5,8-11H2,1H3,(H,16,18)(H,19,20). The van der Waals surface area contributed by atoms with Gasteiger partial charge in [-0.2, -0.15) is 4.31 Å². The van der Waals surface area contributed by atoms with Crippen LogP contribution in [0.15, 0.2) is 30.3 Å². The third-order valence-corrected chi connectivity index (χ3v) is 5.95. The number of benzene rings is 1. The Kier molecular flexibility index (Phi) is 5.06. The molecule has 0 spiro atoms. The highest BCUT2D eigenvalue weighted by molar-refractivity contribution is 7.89. The molecule has 1 aromatic carbocycles. The molecular weight excluding hydrogens is 320 g/mol. The SMILES string of the molecule is CC(CNC(=O)CN1CCCS1(=O)=O)(C(=O)O)c1ccccc1. The minimum absolute atomic E-state index is 0.0527. The number of rotatable bonds is 6. The van der Waals surface area contributed by atoms with E-state index in [0.29, 0.717) is 18.5 Å². The molecule has 0 bridgehead atoms. The molecule has 1 heterocycles. The van der Waals surface area contributed by atoms with Crippen molar-refractivity contribution in [3.8, 4) is 0 Å². The van der Waals surface area contributed by atoms with Crippen LogP contribution >= 0.6 is 0 Å². The Hall–Kier alpha value is -1.93. The van der Waals surface area contributed by atoms with Crippen LogP contribution in [-0.4, -0.2) is 55.1 Å². The molecule has 1 unspecified atom stereocenters. The van der Waals surface area contributed by atoms with Gasteiger partial charge in [-0.15, -0.1) is 0 Å². The summed E-state index contributed by atoms with van der Waals surface area (Å²) in [6, 6.07) is 8.61. The number of nitrogens with one attached hydrogen (secondary N) is 1. The minimum Gasteiger partial charge on any atom is -0.481 e. The van der Waals surface area contributed by atoms with Gasteiger partial charge >= 0.3 is 5.97 Å². The molecular formula is C15H20N2O5S. The van der Waals surface area contributed by atoms with Gasteiger partial charge < -0.3 is 10.4 Å². The van der Waals surface area contributed by atoms with Crippen molar-refractivity contribution < 1.29 is 23.1 Å². The number of aliphatic carboxylic acids is 1. The van der Waals surface area contributed by atoms with Gasteiger partial charge in [-0.3, -0.25) is 9.59 Å². The van der Waals surface area contributed by atoms with E-state index < -0.39 is 27.3 Å². The van der Waals surface area contributed by atoms with Crippen molar-refractivity contribution in [3.05, 3.63) is 35.9 Å². The Morgan fingerprint density at radius 1 is 1.30 bits per heavy atom. The lowest BCUT2D eigenvalue weighted by molar-refractivity contribution is -0.143. The maximum absolute atomic E-state index is 12.0. The molecule has 8 heteroatoms. The van der Waals surface area contributed by atoms with E-state index in [-0.39, 0.29) is 18.8 Å². The lowest BCUT2D eigenvalue weighted by Crippen LogP contribution is -2.47. The first-order chi connectivity index (χ1) is 10.8. The highest BCUT2D eigenvalue weighted by Crippen LogP contribution is 2.23. The van der Waals surface area contributed by atoms with Gasteiger partial charge in [0.1, 0.15) is 5.41 Å². The number of carboxylic acid groups (broad SMARTS) is 1. The molecule has 1 saturated heterocycles. The zero-order valence-electron chi connectivity index (χ0n) is 12.9. The molecule has 1 aromatic rings. The Morgan fingerprint density at radius 2 is 1.96 bits per heavy atom. The van der Waals surface area contributed by atoms with Gasteiger partial charge in [0, 0.05) is 13.1 Å². The van der Waals surface area contributed by atoms with Crippen LogP contribution in [-0.2, 0) is 25.0 Å². The third kappa shape index (κ3) is 3.89. The van der Waals surface area contributed by atoms with E-state index in [0.717, 1.165) is 4.31 Å². The van der Waals surface area contributed by atoms with Crippen LogP contribution in [0.25, 0.3) is 0 Å². The fourth-order valence-electron chi connectivity index (χ4n) is 2.47. The van der Waals surface area contributed by atoms with Gasteiger partial charge in [0.25, 0.3) is 0 Å². The quantitative estimate of drug-likeness (QED) is 0.769. The van der Waals surface area contributed by atoms with Gasteiger partial charge in [-0.1, -0.05) is 30.3 Å². The van der Waals surface area contributed by atoms with Gasteiger partial charge in [0.2, 0.25) is 15.9 Å². The summed E-state index contributed by atoms with van der Waals surface area (Å²) in [6.07, 6.45) is 0.506. The monoisotopic (exact) mass is 340 g/mol. The van der Waals surface area contributed by atoms with Crippen LogP contribution in [0.5, 0.6) is 0 Å². The summed E-state index contributed by atoms with van der Waals surface area (Å²) >= 11 is 0. The van der Waals surface area contributed by atoms with Crippen molar-refractivity contribution in [3.63, 3.8) is 0 Å². The van der Waals surface area contributed by atoms with E-state index in [2.05, 4.69) is 5.32 Å². The van der Waals surface area contributed by atoms with Crippen LogP contribution in [0.3, 0.4) is 0 Å². The van der Waals surface area contributed by atoms with Crippen molar-refractivity contribution >= 4 is 21.9 Å². The van der Waals surface area contributed by atoms with Crippen molar-refractivity contribution in [2.75, 3.05) is 25.4 Å². The zero-order valence-corrected chi connectivity index (χ0v) is 13.7. The van der Waals surface area contributed by atoms with Crippen molar-refractivity contribution in [2.45, 2.75) is 18.8 Å². The molecule has 1 atom stereocenters. The molecule has 1 fully saturated rings. The molecule has 126 valence electrons. The van der Waals surface area contributed by atoms with Crippen LogP contribution in [0.4, 0.5) is 0 Å². The first kappa shape index (κ1) is 17.4. The normalized spacial score (nSPS) is 19.9. The van der Waals surface area contributed by atoms with E-state index >= 15 is 0 Å². The Morgan fingerprint density at radius 3 is 2.48 bits per heavy atom. The maximum atomic E-state index is 12.0. The summed E-state index contributed by atoms with van der Waals surface area (Å²) in [5, 5.41) is 12.1. The highest BCUT2D eigenvalue weighted by Gasteiger charge is 2.36. The largest absolute Gasteiger partial charge is 0.481 e.